The second kappa shape index (κ2) is 17.6. The van der Waals surface area contributed by atoms with Crippen molar-refractivity contribution < 1.29 is 23.8 Å². The molecule has 2 amide bonds. The molecule has 4 rings (SSSR count). The molecule has 9 heteroatoms. The van der Waals surface area contributed by atoms with Gasteiger partial charge in [-0.25, -0.2) is 4.79 Å². The number of nitrogens with zero attached hydrogens (tertiary/aromatic N) is 1. The number of aryl methyl sites for hydroxylation is 3. The van der Waals surface area contributed by atoms with Gasteiger partial charge in [-0.1, -0.05) is 77.8 Å². The molecule has 0 saturated carbocycles. The number of ether oxygens (including phenoxy) is 3. The normalized spacial score (nSPS) is 11.9. The van der Waals surface area contributed by atoms with E-state index in [1.54, 1.807) is 19.0 Å². The van der Waals surface area contributed by atoms with Crippen molar-refractivity contribution in [3.8, 4) is 22.6 Å². The van der Waals surface area contributed by atoms with Crippen molar-refractivity contribution in [1.82, 2.24) is 10.2 Å². The van der Waals surface area contributed by atoms with Gasteiger partial charge in [0.05, 0.1) is 10.0 Å². The number of alkyl carbamates (subject to hydrolysis) is 1. The lowest BCUT2D eigenvalue weighted by Crippen LogP contribution is -2.35. The minimum atomic E-state index is -0.596. The molecule has 1 atom stereocenters. The van der Waals surface area contributed by atoms with Crippen LogP contribution in [0.1, 0.15) is 60.9 Å². The van der Waals surface area contributed by atoms with Gasteiger partial charge in [0.25, 0.3) is 0 Å². The molecule has 1 unspecified atom stereocenters. The molecule has 266 valence electrons. The minimum absolute atomic E-state index is 0.0197. The SMILES string of the molecule is Cc1cc(Cl)c(OCCOc2ccc(CC(CNC(=O)OC(C)(C)C)c3ccc(-c4ccccc4CCC(=O)N(C)C)cc3C)cc2)c(Cl)c1. The van der Waals surface area contributed by atoms with Gasteiger partial charge in [0, 0.05) is 33.0 Å². The average Bonchev–Trinajstić information content (AvgIpc) is 3.04. The number of hydrogen-bond donors (Lipinski definition) is 1. The fourth-order valence-corrected chi connectivity index (χ4v) is 6.44. The van der Waals surface area contributed by atoms with Crippen LogP contribution in [-0.4, -0.2) is 56.4 Å². The second-order valence-corrected chi connectivity index (χ2v) is 14.5. The summed E-state index contributed by atoms with van der Waals surface area (Å²) in [6.45, 7) is 10.6. The number of amides is 2. The minimum Gasteiger partial charge on any atom is -0.490 e. The van der Waals surface area contributed by atoms with Crippen molar-refractivity contribution >= 4 is 35.2 Å². The number of benzene rings is 4. The molecule has 4 aromatic rings. The zero-order chi connectivity index (χ0) is 36.4. The molecule has 0 aromatic heterocycles. The summed E-state index contributed by atoms with van der Waals surface area (Å²) in [6, 6.07) is 26.3. The van der Waals surface area contributed by atoms with Crippen LogP contribution in [0.3, 0.4) is 0 Å². The number of halogens is 2. The Morgan fingerprint density at radius 2 is 1.52 bits per heavy atom. The summed E-state index contributed by atoms with van der Waals surface area (Å²) in [5.41, 5.74) is 7.06. The molecule has 0 spiro atoms. The van der Waals surface area contributed by atoms with Gasteiger partial charge in [0.15, 0.2) is 5.75 Å². The van der Waals surface area contributed by atoms with Crippen molar-refractivity contribution in [2.24, 2.45) is 0 Å². The number of hydrogen-bond acceptors (Lipinski definition) is 5. The van der Waals surface area contributed by atoms with Crippen molar-refractivity contribution in [1.29, 1.82) is 0 Å². The highest BCUT2D eigenvalue weighted by molar-refractivity contribution is 6.37. The molecule has 0 aliphatic heterocycles. The van der Waals surface area contributed by atoms with Crippen LogP contribution in [-0.2, 0) is 22.4 Å². The maximum absolute atomic E-state index is 12.7. The molecule has 0 aliphatic carbocycles. The smallest absolute Gasteiger partial charge is 0.407 e. The fraction of sp³-hybridized carbons (Fsp3) is 0.366. The van der Waals surface area contributed by atoms with E-state index in [0.717, 1.165) is 38.9 Å². The molecular weight excluding hydrogens is 671 g/mol. The van der Waals surface area contributed by atoms with E-state index < -0.39 is 11.7 Å². The van der Waals surface area contributed by atoms with Crippen LogP contribution >= 0.6 is 23.2 Å². The van der Waals surface area contributed by atoms with Crippen LogP contribution in [0, 0.1) is 13.8 Å². The Labute approximate surface area is 306 Å². The highest BCUT2D eigenvalue weighted by Crippen LogP contribution is 2.34. The monoisotopic (exact) mass is 718 g/mol. The topological polar surface area (TPSA) is 77.1 Å². The van der Waals surface area contributed by atoms with Crippen molar-refractivity contribution in [3.05, 3.63) is 117 Å². The largest absolute Gasteiger partial charge is 0.490 e. The van der Waals surface area contributed by atoms with Crippen LogP contribution in [0.2, 0.25) is 10.0 Å². The fourth-order valence-electron chi connectivity index (χ4n) is 5.73. The molecule has 0 radical (unpaired) electrons. The van der Waals surface area contributed by atoms with Gasteiger partial charge in [-0.05, 0) is 111 Å². The predicted molar refractivity (Wildman–Crippen MR) is 203 cm³/mol. The van der Waals surface area contributed by atoms with E-state index >= 15 is 0 Å². The Morgan fingerprint density at radius 1 is 0.860 bits per heavy atom. The summed E-state index contributed by atoms with van der Waals surface area (Å²) in [7, 11) is 3.56. The highest BCUT2D eigenvalue weighted by atomic mass is 35.5. The van der Waals surface area contributed by atoms with E-state index in [1.807, 2.05) is 76.2 Å². The summed E-state index contributed by atoms with van der Waals surface area (Å²) in [5.74, 6) is 1.25. The zero-order valence-corrected chi connectivity index (χ0v) is 31.6. The predicted octanol–water partition coefficient (Wildman–Crippen LogP) is 9.61. The van der Waals surface area contributed by atoms with E-state index in [1.165, 1.54) is 0 Å². The van der Waals surface area contributed by atoms with Crippen LogP contribution in [0.4, 0.5) is 4.79 Å². The standard InChI is InChI=1S/C41H48Cl2N2O5/c1-27-22-36(42)39(37(43)23-27)49-21-20-48-33-16-12-29(13-17-33)25-32(26-44-40(47)50-41(3,4)5)34-18-14-31(24-28(34)2)35-11-9-8-10-30(35)15-19-38(46)45(6)7/h8-14,16-18,22-24,32H,15,19-21,25-26H2,1-7H3,(H,44,47). The zero-order valence-electron chi connectivity index (χ0n) is 30.1. The molecule has 0 heterocycles. The van der Waals surface area contributed by atoms with E-state index in [0.29, 0.717) is 54.0 Å². The average molecular weight is 720 g/mol. The first-order chi connectivity index (χ1) is 23.7. The summed E-state index contributed by atoms with van der Waals surface area (Å²) in [6.07, 6.45) is 1.36. The van der Waals surface area contributed by atoms with Crippen LogP contribution in [0.5, 0.6) is 11.5 Å². The maximum atomic E-state index is 12.7. The molecule has 7 nitrogen and oxygen atoms in total. The molecule has 0 aliphatic rings. The first kappa shape index (κ1) is 38.6. The second-order valence-electron chi connectivity index (χ2n) is 13.7. The Bertz CT molecular complexity index is 1740. The van der Waals surface area contributed by atoms with Gasteiger partial charge in [0.1, 0.15) is 24.6 Å². The quantitative estimate of drug-likeness (QED) is 0.131. The van der Waals surface area contributed by atoms with Crippen molar-refractivity contribution in [3.63, 3.8) is 0 Å². The Kier molecular flexibility index (Phi) is 13.6. The Hall–Kier alpha value is -4.20. The number of rotatable bonds is 14. The Balaban J connectivity index is 1.47. The van der Waals surface area contributed by atoms with Crippen molar-refractivity contribution in [2.75, 3.05) is 33.9 Å². The maximum Gasteiger partial charge on any atom is 0.407 e. The van der Waals surface area contributed by atoms with Gasteiger partial charge in [-0.3, -0.25) is 4.79 Å². The number of carbonyl (C=O) groups is 2. The number of carbonyl (C=O) groups excluding carboxylic acids is 2. The molecule has 1 N–H and O–H groups in total. The molecule has 4 aromatic carbocycles. The molecule has 0 bridgehead atoms. The summed E-state index contributed by atoms with van der Waals surface area (Å²) in [5, 5.41) is 3.93. The third kappa shape index (κ3) is 11.4. The molecule has 0 saturated heterocycles. The van der Waals surface area contributed by atoms with Gasteiger partial charge < -0.3 is 24.4 Å². The first-order valence-corrected chi connectivity index (χ1v) is 17.6. The van der Waals surface area contributed by atoms with E-state index in [4.69, 9.17) is 37.4 Å². The third-order valence-electron chi connectivity index (χ3n) is 8.18. The van der Waals surface area contributed by atoms with Crippen molar-refractivity contribution in [2.45, 2.75) is 65.4 Å². The van der Waals surface area contributed by atoms with Gasteiger partial charge >= 0.3 is 6.09 Å². The van der Waals surface area contributed by atoms with Crippen LogP contribution in [0.15, 0.2) is 78.9 Å². The number of nitrogens with one attached hydrogen (secondary N) is 1. The van der Waals surface area contributed by atoms with E-state index in [-0.39, 0.29) is 18.4 Å². The lowest BCUT2D eigenvalue weighted by atomic mass is 9.86. The van der Waals surface area contributed by atoms with Crippen LogP contribution < -0.4 is 14.8 Å². The van der Waals surface area contributed by atoms with Gasteiger partial charge in [0.2, 0.25) is 5.91 Å². The summed E-state index contributed by atoms with van der Waals surface area (Å²) in [4.78, 5) is 26.6. The van der Waals surface area contributed by atoms with E-state index in [9.17, 15) is 9.59 Å². The summed E-state index contributed by atoms with van der Waals surface area (Å²) < 4.78 is 17.2. The van der Waals surface area contributed by atoms with Crippen LogP contribution in [0.25, 0.3) is 11.1 Å². The Morgan fingerprint density at radius 3 is 2.16 bits per heavy atom. The highest BCUT2D eigenvalue weighted by Gasteiger charge is 2.21. The first-order valence-electron chi connectivity index (χ1n) is 16.9. The third-order valence-corrected chi connectivity index (χ3v) is 8.74. The molecule has 0 fully saturated rings. The van der Waals surface area contributed by atoms with E-state index in [2.05, 4.69) is 42.6 Å². The van der Waals surface area contributed by atoms with Gasteiger partial charge in [-0.2, -0.15) is 0 Å². The van der Waals surface area contributed by atoms with Gasteiger partial charge in [-0.15, -0.1) is 0 Å². The molecule has 50 heavy (non-hydrogen) atoms. The molecular formula is C41H48Cl2N2O5. The summed E-state index contributed by atoms with van der Waals surface area (Å²) >= 11 is 12.6. The lowest BCUT2D eigenvalue weighted by Gasteiger charge is -2.24. The lowest BCUT2D eigenvalue weighted by molar-refractivity contribution is -0.128.